The first-order chi connectivity index (χ1) is 12.5. The molecule has 1 aromatic carbocycles. The highest BCUT2D eigenvalue weighted by Crippen LogP contribution is 2.25. The number of nitrogens with one attached hydrogen (secondary N) is 1. The molecule has 5 nitrogen and oxygen atoms in total. The van der Waals surface area contributed by atoms with Crippen molar-refractivity contribution in [3.05, 3.63) is 50.0 Å². The molecule has 136 valence electrons. The number of carbonyl (C=O) groups excluding carboxylic acids is 1. The summed E-state index contributed by atoms with van der Waals surface area (Å²) in [4.78, 5) is 29.4. The summed E-state index contributed by atoms with van der Waals surface area (Å²) in [5.41, 5.74) is 1.18. The zero-order valence-corrected chi connectivity index (χ0v) is 16.9. The lowest BCUT2D eigenvalue weighted by Gasteiger charge is -2.11. The Bertz CT molecular complexity index is 1020. The number of hydrogen-bond donors (Lipinski definition) is 1. The van der Waals surface area contributed by atoms with Crippen molar-refractivity contribution in [2.75, 3.05) is 11.1 Å². The third-order valence-corrected chi connectivity index (χ3v) is 6.12. The maximum Gasteiger partial charge on any atom is 0.272 e. The molecule has 0 bridgehead atoms. The zero-order valence-electron chi connectivity index (χ0n) is 13.8. The molecule has 0 unspecified atom stereocenters. The maximum absolute atomic E-state index is 12.6. The molecule has 26 heavy (non-hydrogen) atoms. The minimum atomic E-state index is -0.212. The molecule has 3 aromatic rings. The van der Waals surface area contributed by atoms with Crippen LogP contribution in [0.1, 0.15) is 13.3 Å². The third-order valence-electron chi connectivity index (χ3n) is 3.51. The van der Waals surface area contributed by atoms with Gasteiger partial charge in [-0.3, -0.25) is 14.2 Å². The summed E-state index contributed by atoms with van der Waals surface area (Å²) >= 11 is 14.4. The van der Waals surface area contributed by atoms with Crippen LogP contribution in [0.4, 0.5) is 5.69 Å². The molecule has 0 atom stereocenters. The molecule has 0 aliphatic heterocycles. The van der Waals surface area contributed by atoms with Gasteiger partial charge in [0, 0.05) is 12.2 Å². The topological polar surface area (TPSA) is 64.0 Å². The predicted molar refractivity (Wildman–Crippen MR) is 110 cm³/mol. The summed E-state index contributed by atoms with van der Waals surface area (Å²) in [5.74, 6) is -0.0809. The molecule has 0 saturated heterocycles. The molecule has 0 aliphatic rings. The number of aromatic nitrogens is 2. The second-order valence-electron chi connectivity index (χ2n) is 5.45. The van der Waals surface area contributed by atoms with Crippen LogP contribution >= 0.6 is 46.3 Å². The SMILES string of the molecule is CCCn1c(SCC(=O)Nc2ccc(Cl)c(Cl)c2)nc2ccsc2c1=O. The van der Waals surface area contributed by atoms with Gasteiger partial charge in [-0.1, -0.05) is 41.9 Å². The molecule has 0 radical (unpaired) electrons. The van der Waals surface area contributed by atoms with E-state index in [1.54, 1.807) is 22.8 Å². The Morgan fingerprint density at radius 1 is 1.31 bits per heavy atom. The summed E-state index contributed by atoms with van der Waals surface area (Å²) < 4.78 is 2.28. The first kappa shape index (κ1) is 19.2. The van der Waals surface area contributed by atoms with Gasteiger partial charge < -0.3 is 5.32 Å². The Labute approximate surface area is 168 Å². The monoisotopic (exact) mass is 427 g/mol. The van der Waals surface area contributed by atoms with Gasteiger partial charge in [0.05, 0.1) is 21.3 Å². The summed E-state index contributed by atoms with van der Waals surface area (Å²) in [6.45, 7) is 2.56. The van der Waals surface area contributed by atoms with Gasteiger partial charge in [0.15, 0.2) is 5.16 Å². The standard InChI is InChI=1S/C17H15Cl2N3O2S2/c1-2-6-22-16(24)15-13(5-7-25-15)21-17(22)26-9-14(23)20-10-3-4-11(18)12(19)8-10/h3-5,7-8H,2,6,9H2,1H3,(H,20,23). The van der Waals surface area contributed by atoms with E-state index in [0.29, 0.717) is 37.7 Å². The summed E-state index contributed by atoms with van der Waals surface area (Å²) in [5, 5.41) is 5.96. The second-order valence-corrected chi connectivity index (χ2v) is 8.12. The van der Waals surface area contributed by atoms with E-state index >= 15 is 0 Å². The Morgan fingerprint density at radius 3 is 2.85 bits per heavy atom. The van der Waals surface area contributed by atoms with Gasteiger partial charge in [-0.15, -0.1) is 11.3 Å². The van der Waals surface area contributed by atoms with E-state index in [2.05, 4.69) is 10.3 Å². The largest absolute Gasteiger partial charge is 0.325 e. The zero-order chi connectivity index (χ0) is 18.7. The van der Waals surface area contributed by atoms with Crippen molar-refractivity contribution in [1.82, 2.24) is 9.55 Å². The fourth-order valence-corrected chi connectivity index (χ4v) is 4.26. The quantitative estimate of drug-likeness (QED) is 0.448. The maximum atomic E-state index is 12.6. The highest BCUT2D eigenvalue weighted by atomic mass is 35.5. The van der Waals surface area contributed by atoms with Gasteiger partial charge in [0.2, 0.25) is 5.91 Å². The van der Waals surface area contributed by atoms with Crippen LogP contribution in [0.5, 0.6) is 0 Å². The van der Waals surface area contributed by atoms with Crippen LogP contribution < -0.4 is 10.9 Å². The first-order valence-corrected chi connectivity index (χ1v) is 10.5. The number of halogens is 2. The lowest BCUT2D eigenvalue weighted by Crippen LogP contribution is -2.23. The van der Waals surface area contributed by atoms with Crippen molar-refractivity contribution >= 4 is 68.1 Å². The number of rotatable bonds is 6. The number of fused-ring (bicyclic) bond motifs is 1. The van der Waals surface area contributed by atoms with Crippen LogP contribution in [0.25, 0.3) is 10.2 Å². The van der Waals surface area contributed by atoms with E-state index < -0.39 is 0 Å². The highest BCUT2D eigenvalue weighted by Gasteiger charge is 2.14. The van der Waals surface area contributed by atoms with Gasteiger partial charge in [0.25, 0.3) is 5.56 Å². The number of benzene rings is 1. The fraction of sp³-hybridized carbons (Fsp3) is 0.235. The Morgan fingerprint density at radius 2 is 2.12 bits per heavy atom. The van der Waals surface area contributed by atoms with Crippen LogP contribution in [0.15, 0.2) is 39.6 Å². The van der Waals surface area contributed by atoms with E-state index in [-0.39, 0.29) is 17.2 Å². The molecule has 0 saturated carbocycles. The van der Waals surface area contributed by atoms with Crippen LogP contribution in [-0.4, -0.2) is 21.2 Å². The normalized spacial score (nSPS) is 11.0. The minimum Gasteiger partial charge on any atom is -0.325 e. The molecule has 2 heterocycles. The van der Waals surface area contributed by atoms with Gasteiger partial charge >= 0.3 is 0 Å². The summed E-state index contributed by atoms with van der Waals surface area (Å²) in [6.07, 6.45) is 0.807. The van der Waals surface area contributed by atoms with Crippen molar-refractivity contribution in [1.29, 1.82) is 0 Å². The van der Waals surface area contributed by atoms with E-state index in [0.717, 1.165) is 6.42 Å². The van der Waals surface area contributed by atoms with Crippen molar-refractivity contribution < 1.29 is 4.79 Å². The van der Waals surface area contributed by atoms with E-state index in [1.165, 1.54) is 23.1 Å². The van der Waals surface area contributed by atoms with Gasteiger partial charge in [-0.2, -0.15) is 0 Å². The Balaban J connectivity index is 1.76. The average molecular weight is 428 g/mol. The minimum absolute atomic E-state index is 0.0563. The molecule has 0 aliphatic carbocycles. The number of thioether (sulfide) groups is 1. The molecule has 1 N–H and O–H groups in total. The predicted octanol–water partition coefficient (Wildman–Crippen LogP) is 4.91. The van der Waals surface area contributed by atoms with E-state index in [4.69, 9.17) is 23.2 Å². The molecule has 3 rings (SSSR count). The van der Waals surface area contributed by atoms with Crippen molar-refractivity contribution in [3.8, 4) is 0 Å². The van der Waals surface area contributed by atoms with Crippen LogP contribution in [0.2, 0.25) is 10.0 Å². The molecular weight excluding hydrogens is 413 g/mol. The van der Waals surface area contributed by atoms with Crippen molar-refractivity contribution in [2.45, 2.75) is 25.0 Å². The first-order valence-electron chi connectivity index (χ1n) is 7.85. The van der Waals surface area contributed by atoms with Gasteiger partial charge in [-0.05, 0) is 36.1 Å². The Hall–Kier alpha value is -1.54. The smallest absolute Gasteiger partial charge is 0.272 e. The highest BCUT2D eigenvalue weighted by molar-refractivity contribution is 7.99. The number of carbonyl (C=O) groups is 1. The summed E-state index contributed by atoms with van der Waals surface area (Å²) in [6, 6.07) is 6.71. The lowest BCUT2D eigenvalue weighted by atomic mass is 10.3. The average Bonchev–Trinajstić information content (AvgIpc) is 3.08. The Kier molecular flexibility index (Phi) is 6.24. The molecule has 2 aromatic heterocycles. The fourth-order valence-electron chi connectivity index (χ4n) is 2.36. The molecular formula is C17H15Cl2N3O2S2. The number of amides is 1. The van der Waals surface area contributed by atoms with E-state index in [9.17, 15) is 9.59 Å². The number of hydrogen-bond acceptors (Lipinski definition) is 5. The number of thiophene rings is 1. The molecule has 0 fully saturated rings. The van der Waals surface area contributed by atoms with E-state index in [1.807, 2.05) is 18.4 Å². The molecule has 9 heteroatoms. The van der Waals surface area contributed by atoms with Crippen molar-refractivity contribution in [2.24, 2.45) is 0 Å². The third kappa shape index (κ3) is 4.23. The number of nitrogens with zero attached hydrogens (tertiary/aromatic N) is 2. The summed E-state index contributed by atoms with van der Waals surface area (Å²) in [7, 11) is 0. The van der Waals surface area contributed by atoms with Crippen LogP contribution in [0.3, 0.4) is 0 Å². The van der Waals surface area contributed by atoms with Gasteiger partial charge in [0.1, 0.15) is 4.70 Å². The second kappa shape index (κ2) is 8.43. The number of anilines is 1. The van der Waals surface area contributed by atoms with Crippen molar-refractivity contribution in [3.63, 3.8) is 0 Å². The lowest BCUT2D eigenvalue weighted by molar-refractivity contribution is -0.113. The molecule has 1 amide bonds. The molecule has 0 spiro atoms. The van der Waals surface area contributed by atoms with Crippen LogP contribution in [0, 0.1) is 0 Å². The van der Waals surface area contributed by atoms with Crippen LogP contribution in [-0.2, 0) is 11.3 Å². The van der Waals surface area contributed by atoms with Gasteiger partial charge in [-0.25, -0.2) is 4.98 Å².